The Kier molecular flexibility index (Phi) is 5.62. The summed E-state index contributed by atoms with van der Waals surface area (Å²) in [5.74, 6) is -0.199. The van der Waals surface area contributed by atoms with Crippen molar-refractivity contribution in [2.45, 2.75) is 6.18 Å². The molecule has 1 saturated heterocycles. The van der Waals surface area contributed by atoms with E-state index in [2.05, 4.69) is 25.3 Å². The van der Waals surface area contributed by atoms with Crippen LogP contribution in [0.4, 0.5) is 24.7 Å². The van der Waals surface area contributed by atoms with Gasteiger partial charge in [0.1, 0.15) is 5.82 Å². The number of fused-ring (bicyclic) bond motifs is 1. The highest BCUT2D eigenvalue weighted by Gasteiger charge is 2.33. The summed E-state index contributed by atoms with van der Waals surface area (Å²) in [6.45, 7) is 2.71. The molecule has 34 heavy (non-hydrogen) atoms. The van der Waals surface area contributed by atoms with Gasteiger partial charge in [0, 0.05) is 36.6 Å². The van der Waals surface area contributed by atoms with E-state index in [-0.39, 0.29) is 17.0 Å². The molecule has 0 aliphatic carbocycles. The number of nitrogens with one attached hydrogen (secondary N) is 1. The zero-order valence-corrected chi connectivity index (χ0v) is 17.8. The molecule has 4 aromatic rings. The van der Waals surface area contributed by atoms with Crippen molar-refractivity contribution in [3.05, 3.63) is 72.2 Å². The van der Waals surface area contributed by atoms with Gasteiger partial charge in [-0.25, -0.2) is 14.5 Å². The highest BCUT2D eigenvalue weighted by Crippen LogP contribution is 2.36. The summed E-state index contributed by atoms with van der Waals surface area (Å²) in [6, 6.07) is 11.7. The first-order valence-electron chi connectivity index (χ1n) is 10.5. The van der Waals surface area contributed by atoms with Gasteiger partial charge in [0.15, 0.2) is 11.3 Å². The number of rotatable bonds is 4. The van der Waals surface area contributed by atoms with Crippen LogP contribution in [0.25, 0.3) is 16.9 Å². The van der Waals surface area contributed by atoms with E-state index in [1.807, 2.05) is 6.07 Å². The van der Waals surface area contributed by atoms with E-state index < -0.39 is 17.6 Å². The summed E-state index contributed by atoms with van der Waals surface area (Å²) in [4.78, 5) is 23.5. The number of hydrogen-bond donors (Lipinski definition) is 1. The van der Waals surface area contributed by atoms with Crippen LogP contribution in [0.15, 0.2) is 60.9 Å². The Morgan fingerprint density at radius 1 is 1.03 bits per heavy atom. The predicted octanol–water partition coefficient (Wildman–Crippen LogP) is 3.90. The van der Waals surface area contributed by atoms with Crippen LogP contribution in [0, 0.1) is 0 Å². The van der Waals surface area contributed by atoms with Gasteiger partial charge in [-0.2, -0.15) is 18.3 Å². The van der Waals surface area contributed by atoms with Crippen LogP contribution in [0.3, 0.4) is 0 Å². The minimum Gasteiger partial charge on any atom is -0.378 e. The number of imidazole rings is 1. The average Bonchev–Trinajstić information content (AvgIpc) is 3.28. The fraction of sp³-hybridized carbons (Fsp3) is 0.217. The van der Waals surface area contributed by atoms with E-state index in [1.54, 1.807) is 12.3 Å². The second-order valence-electron chi connectivity index (χ2n) is 7.63. The number of halogens is 3. The molecule has 0 unspecified atom stereocenters. The Hall–Kier alpha value is -3.99. The maximum atomic E-state index is 13.5. The second kappa shape index (κ2) is 8.75. The van der Waals surface area contributed by atoms with Gasteiger partial charge < -0.3 is 15.0 Å². The van der Waals surface area contributed by atoms with Crippen molar-refractivity contribution in [3.63, 3.8) is 0 Å². The Morgan fingerprint density at radius 3 is 2.62 bits per heavy atom. The fourth-order valence-corrected chi connectivity index (χ4v) is 3.81. The predicted molar refractivity (Wildman–Crippen MR) is 119 cm³/mol. The van der Waals surface area contributed by atoms with Crippen LogP contribution in [0.2, 0.25) is 0 Å². The molecule has 1 aromatic carbocycles. The average molecular weight is 468 g/mol. The molecule has 8 nitrogen and oxygen atoms in total. The van der Waals surface area contributed by atoms with E-state index in [1.165, 1.54) is 41.0 Å². The Labute approximate surface area is 192 Å². The zero-order chi connectivity index (χ0) is 23.7. The van der Waals surface area contributed by atoms with E-state index in [0.29, 0.717) is 24.7 Å². The van der Waals surface area contributed by atoms with E-state index in [9.17, 15) is 18.0 Å². The van der Waals surface area contributed by atoms with Crippen molar-refractivity contribution < 1.29 is 22.7 Å². The highest BCUT2D eigenvalue weighted by molar-refractivity contribution is 6.03. The summed E-state index contributed by atoms with van der Waals surface area (Å²) in [5.41, 5.74) is 0.470. The van der Waals surface area contributed by atoms with Crippen molar-refractivity contribution in [3.8, 4) is 11.3 Å². The van der Waals surface area contributed by atoms with Crippen LogP contribution >= 0.6 is 0 Å². The van der Waals surface area contributed by atoms with Crippen LogP contribution in [-0.2, 0) is 10.9 Å². The van der Waals surface area contributed by atoms with E-state index >= 15 is 0 Å². The van der Waals surface area contributed by atoms with Gasteiger partial charge >= 0.3 is 6.18 Å². The molecule has 0 radical (unpaired) electrons. The number of aromatic nitrogens is 4. The van der Waals surface area contributed by atoms with Crippen LogP contribution in [0.5, 0.6) is 0 Å². The maximum Gasteiger partial charge on any atom is 0.417 e. The zero-order valence-electron chi connectivity index (χ0n) is 17.8. The maximum absolute atomic E-state index is 13.5. The lowest BCUT2D eigenvalue weighted by atomic mass is 10.0. The first-order chi connectivity index (χ1) is 16.4. The monoisotopic (exact) mass is 468 g/mol. The number of benzene rings is 1. The highest BCUT2D eigenvalue weighted by atomic mass is 19.4. The second-order valence-corrected chi connectivity index (χ2v) is 7.63. The van der Waals surface area contributed by atoms with Gasteiger partial charge in [0.2, 0.25) is 0 Å². The number of carbonyl (C=O) groups is 1. The molecule has 174 valence electrons. The first kappa shape index (κ1) is 21.8. The third-order valence-corrected chi connectivity index (χ3v) is 5.46. The van der Waals surface area contributed by atoms with Gasteiger partial charge in [0.25, 0.3) is 5.91 Å². The topological polar surface area (TPSA) is 84.7 Å². The van der Waals surface area contributed by atoms with E-state index in [4.69, 9.17) is 4.74 Å². The molecule has 1 N–H and O–H groups in total. The number of ether oxygens (including phenoxy) is 1. The molecule has 1 aliphatic rings. The summed E-state index contributed by atoms with van der Waals surface area (Å²) in [5, 5.41) is 7.01. The van der Waals surface area contributed by atoms with Crippen molar-refractivity contribution in [1.82, 2.24) is 19.6 Å². The smallest absolute Gasteiger partial charge is 0.378 e. The number of anilines is 2. The molecule has 0 saturated carbocycles. The Balaban J connectivity index is 1.45. The molecule has 5 rings (SSSR count). The normalized spacial score (nSPS) is 14.4. The number of alkyl halides is 3. The van der Waals surface area contributed by atoms with Crippen LogP contribution < -0.4 is 10.2 Å². The summed E-state index contributed by atoms with van der Waals surface area (Å²) >= 11 is 0. The fourth-order valence-electron chi connectivity index (χ4n) is 3.81. The number of morpholine rings is 1. The molecule has 1 amide bonds. The summed E-state index contributed by atoms with van der Waals surface area (Å²) < 4.78 is 47.0. The first-order valence-corrected chi connectivity index (χ1v) is 10.5. The van der Waals surface area contributed by atoms with Crippen LogP contribution in [-0.4, -0.2) is 51.8 Å². The van der Waals surface area contributed by atoms with E-state index in [0.717, 1.165) is 24.8 Å². The minimum absolute atomic E-state index is 0.0694. The molecule has 4 heterocycles. The molecule has 0 spiro atoms. The molecule has 0 atom stereocenters. The Morgan fingerprint density at radius 2 is 1.82 bits per heavy atom. The van der Waals surface area contributed by atoms with Gasteiger partial charge in [-0.15, -0.1) is 0 Å². The van der Waals surface area contributed by atoms with Gasteiger partial charge in [-0.05, 0) is 24.3 Å². The lowest BCUT2D eigenvalue weighted by Gasteiger charge is -2.28. The lowest BCUT2D eigenvalue weighted by Crippen LogP contribution is -2.36. The number of carbonyl (C=O) groups excluding carboxylic acids is 1. The number of amides is 1. The van der Waals surface area contributed by atoms with Crippen LogP contribution in [0.1, 0.15) is 16.1 Å². The number of hydrogen-bond acceptors (Lipinski definition) is 6. The molecule has 1 aliphatic heterocycles. The molecular weight excluding hydrogens is 449 g/mol. The molecule has 1 fully saturated rings. The molecule has 3 aromatic heterocycles. The number of pyridine rings is 1. The van der Waals surface area contributed by atoms with Crippen molar-refractivity contribution in [2.75, 3.05) is 36.5 Å². The Bertz CT molecular complexity index is 1350. The summed E-state index contributed by atoms with van der Waals surface area (Å²) in [7, 11) is 0. The quantitative estimate of drug-likeness (QED) is 0.489. The molecule has 0 bridgehead atoms. The third-order valence-electron chi connectivity index (χ3n) is 5.46. The standard InChI is InChI=1S/C23H19F3N6O2/c24-23(25,26)17-4-2-1-3-16(17)18-5-6-21-28-14-19(32(21)30-18)22(33)29-20-13-15(7-8-27-20)31-9-11-34-12-10-31/h1-8,13-14H,9-12H2,(H,27,29,33). The van der Waals surface area contributed by atoms with Gasteiger partial charge in [0.05, 0.1) is 30.7 Å². The van der Waals surface area contributed by atoms with Crippen molar-refractivity contribution in [1.29, 1.82) is 0 Å². The largest absolute Gasteiger partial charge is 0.417 e. The SMILES string of the molecule is O=C(Nc1cc(N2CCOCC2)ccn1)c1cnc2ccc(-c3ccccc3C(F)(F)F)nn12. The lowest BCUT2D eigenvalue weighted by molar-refractivity contribution is -0.137. The van der Waals surface area contributed by atoms with Gasteiger partial charge in [-0.1, -0.05) is 18.2 Å². The van der Waals surface area contributed by atoms with Crippen molar-refractivity contribution in [2.24, 2.45) is 0 Å². The van der Waals surface area contributed by atoms with Gasteiger partial charge in [-0.3, -0.25) is 4.79 Å². The molecule has 11 heteroatoms. The third kappa shape index (κ3) is 4.29. The number of nitrogens with zero attached hydrogens (tertiary/aromatic N) is 5. The summed E-state index contributed by atoms with van der Waals surface area (Å²) in [6.07, 6.45) is -1.62. The van der Waals surface area contributed by atoms with Crippen molar-refractivity contribution >= 4 is 23.1 Å². The minimum atomic E-state index is -4.54. The molecular formula is C23H19F3N6O2.